The monoisotopic (exact) mass is 374 g/mol. The van der Waals surface area contributed by atoms with Gasteiger partial charge in [0.05, 0.1) is 0 Å². The molecular formula is C14H19IN2O2. The number of carbonyl (C=O) groups excluding carboxylic acids is 2. The molecule has 0 radical (unpaired) electrons. The second-order valence-electron chi connectivity index (χ2n) is 4.22. The molecule has 1 aromatic carbocycles. The molecule has 1 rings (SSSR count). The van der Waals surface area contributed by atoms with Crippen molar-refractivity contribution in [3.8, 4) is 0 Å². The van der Waals surface area contributed by atoms with Crippen LogP contribution in [0.4, 0.5) is 0 Å². The molecule has 1 atom stereocenters. The normalized spacial score (nSPS) is 11.8. The molecular weight excluding hydrogens is 355 g/mol. The topological polar surface area (TPSA) is 49.4 Å². The highest BCUT2D eigenvalue weighted by Crippen LogP contribution is 2.08. The molecule has 0 aliphatic carbocycles. The molecule has 5 heteroatoms. The van der Waals surface area contributed by atoms with Crippen molar-refractivity contribution in [2.24, 2.45) is 0 Å². The van der Waals surface area contributed by atoms with Crippen LogP contribution in [0.1, 0.15) is 31.1 Å². The fourth-order valence-electron chi connectivity index (χ4n) is 1.78. The van der Waals surface area contributed by atoms with Crippen LogP contribution in [0.15, 0.2) is 24.3 Å². The molecule has 4 nitrogen and oxygen atoms in total. The van der Waals surface area contributed by atoms with Gasteiger partial charge in [-0.1, -0.05) is 6.07 Å². The van der Waals surface area contributed by atoms with Crippen molar-refractivity contribution < 1.29 is 9.59 Å². The summed E-state index contributed by atoms with van der Waals surface area (Å²) in [6.45, 7) is 6.87. The molecule has 19 heavy (non-hydrogen) atoms. The van der Waals surface area contributed by atoms with Crippen molar-refractivity contribution in [1.29, 1.82) is 0 Å². The Morgan fingerprint density at radius 1 is 1.32 bits per heavy atom. The predicted octanol–water partition coefficient (Wildman–Crippen LogP) is 2.28. The number of nitrogens with one attached hydrogen (secondary N) is 1. The number of benzene rings is 1. The highest BCUT2D eigenvalue weighted by molar-refractivity contribution is 14.1. The Bertz CT molecular complexity index is 459. The lowest BCUT2D eigenvalue weighted by Crippen LogP contribution is -2.46. The van der Waals surface area contributed by atoms with Crippen molar-refractivity contribution in [3.05, 3.63) is 33.4 Å². The van der Waals surface area contributed by atoms with Gasteiger partial charge < -0.3 is 10.2 Å². The van der Waals surface area contributed by atoms with E-state index < -0.39 is 6.04 Å². The van der Waals surface area contributed by atoms with Gasteiger partial charge in [0.1, 0.15) is 6.04 Å². The second kappa shape index (κ2) is 7.47. The minimum absolute atomic E-state index is 0.0519. The average Bonchev–Trinajstić information content (AvgIpc) is 2.39. The average molecular weight is 374 g/mol. The SMILES string of the molecule is CCN(CC)C(=O)C(C)NC(=O)c1cccc(I)c1. The van der Waals surface area contributed by atoms with Gasteiger partial charge in [0.25, 0.3) is 5.91 Å². The van der Waals surface area contributed by atoms with Crippen LogP contribution in [-0.4, -0.2) is 35.8 Å². The molecule has 0 aromatic heterocycles. The lowest BCUT2D eigenvalue weighted by atomic mass is 10.2. The standard InChI is InChI=1S/C14H19IN2O2/c1-4-17(5-2)14(19)10(3)16-13(18)11-7-6-8-12(15)9-11/h6-10H,4-5H2,1-3H3,(H,16,18). The van der Waals surface area contributed by atoms with E-state index in [9.17, 15) is 9.59 Å². The number of rotatable bonds is 5. The van der Waals surface area contributed by atoms with Crippen LogP contribution >= 0.6 is 22.6 Å². The van der Waals surface area contributed by atoms with Crippen LogP contribution in [0.25, 0.3) is 0 Å². The Morgan fingerprint density at radius 3 is 2.47 bits per heavy atom. The minimum Gasteiger partial charge on any atom is -0.341 e. The van der Waals surface area contributed by atoms with E-state index >= 15 is 0 Å². The van der Waals surface area contributed by atoms with Crippen molar-refractivity contribution in [1.82, 2.24) is 10.2 Å². The highest BCUT2D eigenvalue weighted by atomic mass is 127. The largest absolute Gasteiger partial charge is 0.341 e. The summed E-state index contributed by atoms with van der Waals surface area (Å²) in [7, 11) is 0. The molecule has 1 N–H and O–H groups in total. The third kappa shape index (κ3) is 4.49. The molecule has 0 fully saturated rings. The van der Waals surface area contributed by atoms with Gasteiger partial charge in [0, 0.05) is 22.2 Å². The van der Waals surface area contributed by atoms with Gasteiger partial charge in [-0.15, -0.1) is 0 Å². The quantitative estimate of drug-likeness (QED) is 0.804. The zero-order valence-electron chi connectivity index (χ0n) is 11.4. The van der Waals surface area contributed by atoms with E-state index in [-0.39, 0.29) is 11.8 Å². The Hall–Kier alpha value is -1.11. The zero-order valence-corrected chi connectivity index (χ0v) is 13.6. The molecule has 0 aliphatic rings. The van der Waals surface area contributed by atoms with Crippen LogP contribution < -0.4 is 5.32 Å². The van der Waals surface area contributed by atoms with Crippen LogP contribution in [0.5, 0.6) is 0 Å². The predicted molar refractivity (Wildman–Crippen MR) is 84.0 cm³/mol. The Balaban J connectivity index is 2.69. The number of carbonyl (C=O) groups is 2. The van der Waals surface area contributed by atoms with E-state index in [4.69, 9.17) is 0 Å². The van der Waals surface area contributed by atoms with Gasteiger partial charge in [-0.25, -0.2) is 0 Å². The van der Waals surface area contributed by atoms with E-state index in [1.54, 1.807) is 24.0 Å². The minimum atomic E-state index is -0.509. The lowest BCUT2D eigenvalue weighted by molar-refractivity contribution is -0.132. The summed E-state index contributed by atoms with van der Waals surface area (Å²) in [6, 6.07) is 6.77. The van der Waals surface area contributed by atoms with Crippen molar-refractivity contribution >= 4 is 34.4 Å². The fourth-order valence-corrected chi connectivity index (χ4v) is 2.32. The number of hydrogen-bond acceptors (Lipinski definition) is 2. The maximum Gasteiger partial charge on any atom is 0.251 e. The molecule has 1 unspecified atom stereocenters. The first-order valence-electron chi connectivity index (χ1n) is 6.34. The van der Waals surface area contributed by atoms with Crippen molar-refractivity contribution in [2.75, 3.05) is 13.1 Å². The maximum absolute atomic E-state index is 12.0. The van der Waals surface area contributed by atoms with Crippen LogP contribution in [-0.2, 0) is 4.79 Å². The van der Waals surface area contributed by atoms with Gasteiger partial charge in [-0.3, -0.25) is 9.59 Å². The van der Waals surface area contributed by atoms with Gasteiger partial charge in [0.15, 0.2) is 0 Å². The fraction of sp³-hybridized carbons (Fsp3) is 0.429. The summed E-state index contributed by atoms with van der Waals surface area (Å²) in [5.74, 6) is -0.268. The first-order chi connectivity index (χ1) is 8.99. The smallest absolute Gasteiger partial charge is 0.251 e. The molecule has 0 spiro atoms. The Morgan fingerprint density at radius 2 is 1.95 bits per heavy atom. The van der Waals surface area contributed by atoms with Crippen LogP contribution in [0, 0.1) is 3.57 Å². The van der Waals surface area contributed by atoms with Gasteiger partial charge in [-0.2, -0.15) is 0 Å². The van der Waals surface area contributed by atoms with E-state index in [0.29, 0.717) is 18.7 Å². The molecule has 0 saturated heterocycles. The molecule has 2 amide bonds. The van der Waals surface area contributed by atoms with Crippen LogP contribution in [0.2, 0.25) is 0 Å². The van der Waals surface area contributed by atoms with Gasteiger partial charge in [0.2, 0.25) is 5.91 Å². The maximum atomic E-state index is 12.0. The summed E-state index contributed by atoms with van der Waals surface area (Å²) in [6.07, 6.45) is 0. The molecule has 1 aromatic rings. The van der Waals surface area contributed by atoms with E-state index in [1.807, 2.05) is 26.0 Å². The number of likely N-dealkylation sites (N-methyl/N-ethyl adjacent to an activating group) is 1. The van der Waals surface area contributed by atoms with Gasteiger partial charge in [-0.05, 0) is 61.6 Å². The number of nitrogens with zero attached hydrogens (tertiary/aromatic N) is 1. The number of amides is 2. The zero-order chi connectivity index (χ0) is 14.4. The highest BCUT2D eigenvalue weighted by Gasteiger charge is 2.20. The number of halogens is 1. The third-order valence-corrected chi connectivity index (χ3v) is 3.55. The lowest BCUT2D eigenvalue weighted by Gasteiger charge is -2.23. The van der Waals surface area contributed by atoms with Gasteiger partial charge >= 0.3 is 0 Å². The number of hydrogen-bond donors (Lipinski definition) is 1. The molecule has 0 bridgehead atoms. The summed E-state index contributed by atoms with van der Waals surface area (Å²) in [4.78, 5) is 25.8. The first-order valence-corrected chi connectivity index (χ1v) is 7.42. The Labute approximate surface area is 127 Å². The second-order valence-corrected chi connectivity index (χ2v) is 5.46. The Kier molecular flexibility index (Phi) is 6.27. The van der Waals surface area contributed by atoms with E-state index in [0.717, 1.165) is 3.57 Å². The summed E-state index contributed by atoms with van der Waals surface area (Å²) in [5, 5.41) is 2.74. The van der Waals surface area contributed by atoms with Crippen molar-refractivity contribution in [2.45, 2.75) is 26.8 Å². The third-order valence-electron chi connectivity index (χ3n) is 2.88. The first kappa shape index (κ1) is 15.9. The molecule has 104 valence electrons. The molecule has 0 saturated carbocycles. The summed E-state index contributed by atoms with van der Waals surface area (Å²) >= 11 is 2.15. The molecule has 0 heterocycles. The molecule has 0 aliphatic heterocycles. The summed E-state index contributed by atoms with van der Waals surface area (Å²) < 4.78 is 0.993. The van der Waals surface area contributed by atoms with Crippen molar-refractivity contribution in [3.63, 3.8) is 0 Å². The van der Waals surface area contributed by atoms with Crippen LogP contribution in [0.3, 0.4) is 0 Å². The van der Waals surface area contributed by atoms with E-state index in [2.05, 4.69) is 27.9 Å². The summed E-state index contributed by atoms with van der Waals surface area (Å²) in [5.41, 5.74) is 0.575. The van der Waals surface area contributed by atoms with E-state index in [1.165, 1.54) is 0 Å².